The number of carbonyl (C=O) groups excluding carboxylic acids is 1. The number of benzene rings is 2. The number of Topliss-reactive ketones (excluding diaryl/α,β-unsaturated/α-hetero) is 1. The molecule has 20 heavy (non-hydrogen) atoms. The summed E-state index contributed by atoms with van der Waals surface area (Å²) in [6.07, 6.45) is 2.44. The summed E-state index contributed by atoms with van der Waals surface area (Å²) in [5.74, 6) is 0.934. The maximum atomic E-state index is 11.9. The number of ether oxygens (including phenoxy) is 1. The van der Waals surface area contributed by atoms with Crippen molar-refractivity contribution < 1.29 is 9.53 Å². The summed E-state index contributed by atoms with van der Waals surface area (Å²) < 4.78 is 5.50. The van der Waals surface area contributed by atoms with Gasteiger partial charge in [0.2, 0.25) is 0 Å². The summed E-state index contributed by atoms with van der Waals surface area (Å²) in [5, 5.41) is 0. The Hall–Kier alpha value is -2.09. The van der Waals surface area contributed by atoms with E-state index in [1.807, 2.05) is 12.1 Å². The fraction of sp³-hybridized carbons (Fsp3) is 0.278. The fourth-order valence-electron chi connectivity index (χ4n) is 2.51. The molecule has 0 saturated heterocycles. The van der Waals surface area contributed by atoms with Crippen molar-refractivity contribution >= 4 is 5.78 Å². The third-order valence-corrected chi connectivity index (χ3v) is 3.75. The lowest BCUT2D eigenvalue weighted by Gasteiger charge is -2.17. The lowest BCUT2D eigenvalue weighted by Crippen LogP contribution is -2.15. The maximum Gasteiger partial charge on any atom is 0.170 e. The molecule has 0 aromatic heterocycles. The quantitative estimate of drug-likeness (QED) is 0.845. The molecule has 0 unspecified atom stereocenters. The first-order valence-electron chi connectivity index (χ1n) is 7.07. The summed E-state index contributed by atoms with van der Waals surface area (Å²) in [6.45, 7) is 2.60. The molecule has 0 N–H and O–H groups in total. The van der Waals surface area contributed by atoms with Crippen molar-refractivity contribution in [2.24, 2.45) is 0 Å². The molecule has 0 radical (unpaired) electrons. The van der Waals surface area contributed by atoms with Crippen molar-refractivity contribution in [1.29, 1.82) is 0 Å². The van der Waals surface area contributed by atoms with E-state index in [0.29, 0.717) is 13.0 Å². The van der Waals surface area contributed by atoms with Crippen molar-refractivity contribution in [2.45, 2.75) is 26.2 Å². The summed E-state index contributed by atoms with van der Waals surface area (Å²) in [6, 6.07) is 14.6. The Kier molecular flexibility index (Phi) is 3.55. The van der Waals surface area contributed by atoms with Crippen LogP contribution in [0.2, 0.25) is 0 Å². The topological polar surface area (TPSA) is 26.3 Å². The number of rotatable bonds is 3. The standard InChI is InChI=1S/C18H18O2/c1-13-2-4-14(5-3-13)6-7-15-8-9-18-16(12-15)17(19)10-11-20-18/h2-5,8-9,12H,6-7,10-11H2,1H3. The van der Waals surface area contributed by atoms with Gasteiger partial charge in [0.1, 0.15) is 5.75 Å². The highest BCUT2D eigenvalue weighted by Crippen LogP contribution is 2.26. The normalized spacial score (nSPS) is 13.8. The molecular formula is C18H18O2. The molecule has 0 bridgehead atoms. The number of hydrogen-bond acceptors (Lipinski definition) is 2. The minimum atomic E-state index is 0.198. The van der Waals surface area contributed by atoms with Crippen LogP contribution in [-0.2, 0) is 12.8 Å². The molecule has 1 aliphatic rings. The van der Waals surface area contributed by atoms with Crippen molar-refractivity contribution in [2.75, 3.05) is 6.61 Å². The summed E-state index contributed by atoms with van der Waals surface area (Å²) in [5.41, 5.74) is 4.56. The summed E-state index contributed by atoms with van der Waals surface area (Å²) in [4.78, 5) is 11.9. The molecule has 102 valence electrons. The van der Waals surface area contributed by atoms with Gasteiger partial charge in [-0.05, 0) is 43.0 Å². The number of hydrogen-bond donors (Lipinski definition) is 0. The Labute approximate surface area is 119 Å². The van der Waals surface area contributed by atoms with Gasteiger partial charge in [-0.3, -0.25) is 4.79 Å². The molecule has 0 atom stereocenters. The van der Waals surface area contributed by atoms with E-state index in [2.05, 4.69) is 37.3 Å². The van der Waals surface area contributed by atoms with Crippen LogP contribution in [-0.4, -0.2) is 12.4 Å². The van der Waals surface area contributed by atoms with Gasteiger partial charge in [0.25, 0.3) is 0 Å². The fourth-order valence-corrected chi connectivity index (χ4v) is 2.51. The highest BCUT2D eigenvalue weighted by atomic mass is 16.5. The first-order valence-corrected chi connectivity index (χ1v) is 7.07. The largest absolute Gasteiger partial charge is 0.492 e. The van der Waals surface area contributed by atoms with E-state index in [-0.39, 0.29) is 5.78 Å². The second kappa shape index (κ2) is 5.49. The summed E-state index contributed by atoms with van der Waals surface area (Å²) in [7, 11) is 0. The third-order valence-electron chi connectivity index (χ3n) is 3.75. The van der Waals surface area contributed by atoms with Crippen LogP contribution >= 0.6 is 0 Å². The van der Waals surface area contributed by atoms with E-state index in [1.54, 1.807) is 0 Å². The molecular weight excluding hydrogens is 248 g/mol. The number of ketones is 1. The number of fused-ring (bicyclic) bond motifs is 1. The van der Waals surface area contributed by atoms with Gasteiger partial charge in [-0.15, -0.1) is 0 Å². The SMILES string of the molecule is Cc1ccc(CCc2ccc3c(c2)C(=O)CCO3)cc1. The van der Waals surface area contributed by atoms with Crippen molar-refractivity contribution in [3.8, 4) is 5.75 Å². The zero-order valence-corrected chi connectivity index (χ0v) is 11.7. The zero-order chi connectivity index (χ0) is 13.9. The number of aryl methyl sites for hydroxylation is 3. The minimum absolute atomic E-state index is 0.198. The first-order chi connectivity index (χ1) is 9.72. The van der Waals surface area contributed by atoms with E-state index in [1.165, 1.54) is 16.7 Å². The molecule has 0 amide bonds. The van der Waals surface area contributed by atoms with Crippen molar-refractivity contribution in [3.05, 3.63) is 64.7 Å². The van der Waals surface area contributed by atoms with Crippen LogP contribution in [0.25, 0.3) is 0 Å². The third kappa shape index (κ3) is 2.74. The van der Waals surface area contributed by atoms with E-state index in [0.717, 1.165) is 24.2 Å². The Balaban J connectivity index is 1.73. The van der Waals surface area contributed by atoms with Gasteiger partial charge in [0, 0.05) is 6.42 Å². The van der Waals surface area contributed by atoms with E-state index in [4.69, 9.17) is 4.74 Å². The monoisotopic (exact) mass is 266 g/mol. The van der Waals surface area contributed by atoms with Gasteiger partial charge < -0.3 is 4.74 Å². The average molecular weight is 266 g/mol. The number of carbonyl (C=O) groups is 1. The van der Waals surface area contributed by atoms with Crippen LogP contribution in [0.5, 0.6) is 5.75 Å². The zero-order valence-electron chi connectivity index (χ0n) is 11.7. The average Bonchev–Trinajstić information content (AvgIpc) is 2.47. The van der Waals surface area contributed by atoms with E-state index >= 15 is 0 Å². The Bertz CT molecular complexity index is 626. The Morgan fingerprint density at radius 1 is 1.00 bits per heavy atom. The van der Waals surface area contributed by atoms with Gasteiger partial charge in [0.15, 0.2) is 5.78 Å². The highest BCUT2D eigenvalue weighted by Gasteiger charge is 2.18. The van der Waals surface area contributed by atoms with E-state index in [9.17, 15) is 4.79 Å². The smallest absolute Gasteiger partial charge is 0.170 e. The molecule has 0 spiro atoms. The minimum Gasteiger partial charge on any atom is -0.492 e. The van der Waals surface area contributed by atoms with Crippen LogP contribution in [0, 0.1) is 6.92 Å². The lowest BCUT2D eigenvalue weighted by atomic mass is 9.98. The van der Waals surface area contributed by atoms with Crippen LogP contribution in [0.4, 0.5) is 0 Å². The second-order valence-electron chi connectivity index (χ2n) is 5.34. The van der Waals surface area contributed by atoms with Crippen LogP contribution in [0.3, 0.4) is 0 Å². The molecule has 2 nitrogen and oxygen atoms in total. The molecule has 1 heterocycles. The van der Waals surface area contributed by atoms with Crippen molar-refractivity contribution in [1.82, 2.24) is 0 Å². The molecule has 1 aliphatic heterocycles. The molecule has 2 aromatic rings. The molecule has 2 heteroatoms. The lowest BCUT2D eigenvalue weighted by molar-refractivity contribution is 0.0933. The van der Waals surface area contributed by atoms with Gasteiger partial charge in [0.05, 0.1) is 12.2 Å². The highest BCUT2D eigenvalue weighted by molar-refractivity contribution is 5.99. The van der Waals surface area contributed by atoms with Crippen LogP contribution in [0.15, 0.2) is 42.5 Å². The predicted molar refractivity (Wildman–Crippen MR) is 79.5 cm³/mol. The van der Waals surface area contributed by atoms with Gasteiger partial charge >= 0.3 is 0 Å². The molecule has 2 aromatic carbocycles. The molecule has 0 fully saturated rings. The molecule has 3 rings (SSSR count). The Morgan fingerprint density at radius 2 is 1.70 bits per heavy atom. The Morgan fingerprint density at radius 3 is 2.50 bits per heavy atom. The first kappa shape index (κ1) is 12.9. The second-order valence-corrected chi connectivity index (χ2v) is 5.34. The van der Waals surface area contributed by atoms with Gasteiger partial charge in [-0.2, -0.15) is 0 Å². The van der Waals surface area contributed by atoms with E-state index < -0.39 is 0 Å². The molecule has 0 aliphatic carbocycles. The summed E-state index contributed by atoms with van der Waals surface area (Å²) >= 11 is 0. The maximum absolute atomic E-state index is 11.9. The van der Waals surface area contributed by atoms with Gasteiger partial charge in [-0.25, -0.2) is 0 Å². The predicted octanol–water partition coefficient (Wildman–Crippen LogP) is 3.75. The molecule has 0 saturated carbocycles. The van der Waals surface area contributed by atoms with Crippen molar-refractivity contribution in [3.63, 3.8) is 0 Å². The van der Waals surface area contributed by atoms with Crippen LogP contribution in [0.1, 0.15) is 33.5 Å². The van der Waals surface area contributed by atoms with Gasteiger partial charge in [-0.1, -0.05) is 35.9 Å². The van der Waals surface area contributed by atoms with Crippen LogP contribution < -0.4 is 4.74 Å².